The highest BCUT2D eigenvalue weighted by atomic mass is 31.3. The molecule has 0 spiro atoms. The summed E-state index contributed by atoms with van der Waals surface area (Å²) in [5.41, 5.74) is 3.80. The van der Waals surface area contributed by atoms with Gasteiger partial charge in [0.05, 0.1) is 18.8 Å². The lowest BCUT2D eigenvalue weighted by atomic mass is 10.00. The number of phosphoric acid groups is 2. The van der Waals surface area contributed by atoms with Gasteiger partial charge >= 0.3 is 27.3 Å². The molecule has 10 N–H and O–H groups in total. The van der Waals surface area contributed by atoms with Crippen molar-refractivity contribution in [2.75, 3.05) is 18.9 Å². The van der Waals surface area contributed by atoms with Crippen LogP contribution < -0.4 is 17.0 Å². The van der Waals surface area contributed by atoms with Gasteiger partial charge in [0.15, 0.2) is 18.6 Å². The molecule has 1 aromatic heterocycles. The molecule has 2 aromatic rings. The summed E-state index contributed by atoms with van der Waals surface area (Å²) in [7, 11) is -11.3. The van der Waals surface area contributed by atoms with Crippen LogP contribution >= 0.6 is 15.6 Å². The summed E-state index contributed by atoms with van der Waals surface area (Å²) in [6.07, 6.45) is -15.9. The van der Waals surface area contributed by atoms with Crippen molar-refractivity contribution in [1.29, 1.82) is 0 Å². The predicted molar refractivity (Wildman–Crippen MR) is 143 cm³/mol. The van der Waals surface area contributed by atoms with Crippen molar-refractivity contribution in [3.05, 3.63) is 62.9 Å². The Morgan fingerprint density at radius 1 is 0.956 bits per heavy atom. The summed E-state index contributed by atoms with van der Waals surface area (Å²) in [5, 5.41) is 49.8. The number of aliphatic hydroxyl groups is 5. The second-order valence-corrected chi connectivity index (χ2v) is 12.6. The molecular weight excluding hydrogens is 656 g/mol. The highest BCUT2D eigenvalue weighted by Gasteiger charge is 2.51. The summed E-state index contributed by atoms with van der Waals surface area (Å²) >= 11 is 0. The number of nitrogens with two attached hydrogens (primary N) is 1. The molecule has 0 saturated carbocycles. The number of hydrogen-bond donors (Lipinski definition) is 9. The second kappa shape index (κ2) is 13.9. The molecule has 11 atom stereocenters. The van der Waals surface area contributed by atoms with Gasteiger partial charge in [0, 0.05) is 18.0 Å². The van der Waals surface area contributed by atoms with Crippen LogP contribution in [0.15, 0.2) is 46.1 Å². The Morgan fingerprint density at radius 2 is 1.64 bits per heavy atom. The number of carbonyl (C=O) groups excluding carboxylic acids is 1. The molecule has 250 valence electrons. The Balaban J connectivity index is 1.50. The third-order valence-electron chi connectivity index (χ3n) is 6.55. The third kappa shape index (κ3) is 8.12. The molecule has 0 bridgehead atoms. The van der Waals surface area contributed by atoms with Crippen LogP contribution in [0.2, 0.25) is 0 Å². The fraction of sp³-hybridized carbons (Fsp3) is 0.500. The molecule has 21 nitrogen and oxygen atoms in total. The number of esters is 1. The van der Waals surface area contributed by atoms with Crippen LogP contribution in [0.5, 0.6) is 0 Å². The number of hydrogen-bond acceptors (Lipinski definition) is 17. The number of ether oxygens (including phenoxy) is 3. The topological polar surface area (TPSA) is 329 Å². The molecule has 3 heterocycles. The number of nitrogens with zero attached hydrogens (tertiary/aromatic N) is 1. The van der Waals surface area contributed by atoms with Gasteiger partial charge in [-0.3, -0.25) is 23.4 Å². The fourth-order valence-electron chi connectivity index (χ4n) is 4.35. The molecule has 2 unspecified atom stereocenters. The summed E-state index contributed by atoms with van der Waals surface area (Å²) < 4.78 is 54.9. The molecule has 0 amide bonds. The lowest BCUT2D eigenvalue weighted by molar-refractivity contribution is -0.280. The number of aliphatic hydroxyl groups excluding tert-OH is 5. The molecule has 1 aromatic carbocycles. The van der Waals surface area contributed by atoms with Gasteiger partial charge in [0.2, 0.25) is 0 Å². The summed E-state index contributed by atoms with van der Waals surface area (Å²) in [6.45, 7) is -2.03. The van der Waals surface area contributed by atoms with Crippen LogP contribution in [0.25, 0.3) is 0 Å². The van der Waals surface area contributed by atoms with E-state index in [2.05, 4.69) is 8.83 Å². The van der Waals surface area contributed by atoms with Crippen LogP contribution in [0, 0.1) is 0 Å². The van der Waals surface area contributed by atoms with E-state index in [0.29, 0.717) is 0 Å². The monoisotopic (exact) mass is 685 g/mol. The molecule has 4 rings (SSSR count). The third-order valence-corrected chi connectivity index (χ3v) is 9.15. The largest absolute Gasteiger partial charge is 0.483 e. The standard InChI is InChI=1S/C22H29N3O18P2/c23-10-4-2-1-3-9(10)20(32)41-18-12(39-19(17(18)31)25-6-5-13(27)24-22(25)33)8-38-44(34,35)43-45(36,37)42-21-16(30)15(29)14(28)11(7-26)40-21/h1-6,11-12,14-19,21,26,28-31H,7-8,23H2,(H,34,35)(H,36,37)(H,24,27,33)/t11-,12-,14-,15+,16-,17-,18-,19-,21-/m1/s1. The molecule has 2 saturated heterocycles. The van der Waals surface area contributed by atoms with Crippen LogP contribution in [0.3, 0.4) is 0 Å². The number of H-pyrrole nitrogens is 1. The Labute approximate surface area is 251 Å². The predicted octanol–water partition coefficient (Wildman–Crippen LogP) is -3.35. The Kier molecular flexibility index (Phi) is 10.8. The number of phosphoric ester groups is 2. The van der Waals surface area contributed by atoms with Gasteiger partial charge in [0.25, 0.3) is 5.56 Å². The van der Waals surface area contributed by atoms with E-state index in [0.717, 1.165) is 16.8 Å². The lowest BCUT2D eigenvalue weighted by Crippen LogP contribution is -2.58. The van der Waals surface area contributed by atoms with E-state index in [1.165, 1.54) is 24.3 Å². The first-order chi connectivity index (χ1) is 21.0. The van der Waals surface area contributed by atoms with Crippen LogP contribution in [0.1, 0.15) is 16.6 Å². The fourth-order valence-corrected chi connectivity index (χ4v) is 6.51. The number of anilines is 1. The number of aromatic amines is 1. The van der Waals surface area contributed by atoms with Crippen molar-refractivity contribution in [2.45, 2.75) is 55.2 Å². The van der Waals surface area contributed by atoms with Crippen LogP contribution in [-0.4, -0.2) is 113 Å². The highest BCUT2D eigenvalue weighted by Crippen LogP contribution is 2.61. The van der Waals surface area contributed by atoms with Gasteiger partial charge in [0.1, 0.15) is 36.6 Å². The zero-order chi connectivity index (χ0) is 33.3. The van der Waals surface area contributed by atoms with E-state index in [1.807, 2.05) is 4.98 Å². The Morgan fingerprint density at radius 3 is 2.29 bits per heavy atom. The first-order valence-electron chi connectivity index (χ1n) is 12.7. The minimum absolute atomic E-state index is 0.0107. The zero-order valence-electron chi connectivity index (χ0n) is 22.6. The van der Waals surface area contributed by atoms with E-state index < -0.39 is 101 Å². The maximum absolute atomic E-state index is 12.8. The van der Waals surface area contributed by atoms with Crippen molar-refractivity contribution in [1.82, 2.24) is 9.55 Å². The average molecular weight is 685 g/mol. The quantitative estimate of drug-likeness (QED) is 0.0634. The van der Waals surface area contributed by atoms with E-state index in [4.69, 9.17) is 24.5 Å². The average Bonchev–Trinajstić information content (AvgIpc) is 3.26. The van der Waals surface area contributed by atoms with Gasteiger partial charge in [-0.25, -0.2) is 18.7 Å². The van der Waals surface area contributed by atoms with Crippen molar-refractivity contribution in [3.63, 3.8) is 0 Å². The molecule has 0 radical (unpaired) electrons. The smallest absolute Gasteiger partial charge is 0.453 e. The maximum Gasteiger partial charge on any atom is 0.483 e. The van der Waals surface area contributed by atoms with Gasteiger partial charge < -0.3 is 55.3 Å². The van der Waals surface area contributed by atoms with E-state index in [-0.39, 0.29) is 11.3 Å². The summed E-state index contributed by atoms with van der Waals surface area (Å²) in [6, 6.07) is 6.56. The lowest BCUT2D eigenvalue weighted by Gasteiger charge is -2.39. The van der Waals surface area contributed by atoms with Crippen molar-refractivity contribution in [3.8, 4) is 0 Å². The minimum atomic E-state index is -5.70. The number of nitrogens with one attached hydrogen (secondary N) is 1. The van der Waals surface area contributed by atoms with Crippen LogP contribution in [0.4, 0.5) is 5.69 Å². The number of rotatable bonds is 11. The molecule has 2 fully saturated rings. The zero-order valence-corrected chi connectivity index (χ0v) is 24.4. The summed E-state index contributed by atoms with van der Waals surface area (Å²) in [4.78, 5) is 58.7. The van der Waals surface area contributed by atoms with Gasteiger partial charge in [-0.1, -0.05) is 12.1 Å². The Bertz CT molecular complexity index is 1580. The maximum atomic E-state index is 12.8. The number of para-hydroxylation sites is 1. The number of carbonyl (C=O) groups is 1. The van der Waals surface area contributed by atoms with Crippen LogP contribution in [-0.2, 0) is 36.7 Å². The SMILES string of the molecule is Nc1ccccc1C(=O)O[C@H]1[C@@H](O)[C@H](n2ccc(=O)[nH]c2=O)O[C@@H]1COP(=O)(O)OP(=O)(O)O[C@H]1O[C@H](CO)[C@@H](O)[C@H](O)[C@H]1O. The van der Waals surface area contributed by atoms with Crippen molar-refractivity contribution >= 4 is 27.3 Å². The minimum Gasteiger partial charge on any atom is -0.453 e. The number of benzene rings is 1. The highest BCUT2D eigenvalue weighted by molar-refractivity contribution is 7.61. The van der Waals surface area contributed by atoms with Gasteiger partial charge in [-0.15, -0.1) is 0 Å². The molecular formula is C22H29N3O18P2. The van der Waals surface area contributed by atoms with E-state index in [9.17, 15) is 58.8 Å². The summed E-state index contributed by atoms with van der Waals surface area (Å²) in [5.74, 6) is -1.09. The molecule has 23 heteroatoms. The molecule has 2 aliphatic heterocycles. The van der Waals surface area contributed by atoms with E-state index in [1.54, 1.807) is 0 Å². The van der Waals surface area contributed by atoms with Gasteiger partial charge in [-0.2, -0.15) is 4.31 Å². The first-order valence-corrected chi connectivity index (χ1v) is 15.7. The number of aromatic nitrogens is 2. The second-order valence-electron chi connectivity index (χ2n) is 9.65. The molecule has 2 aliphatic rings. The molecule has 45 heavy (non-hydrogen) atoms. The first kappa shape index (κ1) is 35.0. The molecule has 0 aliphatic carbocycles. The number of nitrogen functional groups attached to an aromatic ring is 1. The normalized spacial score (nSPS) is 32.8. The van der Waals surface area contributed by atoms with Crippen molar-refractivity contribution in [2.24, 2.45) is 0 Å². The van der Waals surface area contributed by atoms with Crippen molar-refractivity contribution < 1.29 is 76.8 Å². The van der Waals surface area contributed by atoms with E-state index >= 15 is 0 Å². The Hall–Kier alpha value is -2.85. The van der Waals surface area contributed by atoms with Gasteiger partial charge in [-0.05, 0) is 12.1 Å².